The van der Waals surface area contributed by atoms with Gasteiger partial charge in [0.25, 0.3) is 0 Å². The van der Waals surface area contributed by atoms with Gasteiger partial charge in [-0.3, -0.25) is 19.2 Å². The maximum Gasteiger partial charge on any atom is 0.243 e. The SMILES string of the molecule is CC(=O)N[C@@H](Cc1ccc(F)cc1F)C(=O)N[C@@H](CCC(=O)C=N)C(=O)NCc1ccc(F)cc1. The van der Waals surface area contributed by atoms with Crippen molar-refractivity contribution in [2.24, 2.45) is 0 Å². The van der Waals surface area contributed by atoms with E-state index in [1.165, 1.54) is 24.3 Å². The van der Waals surface area contributed by atoms with E-state index in [1.54, 1.807) is 0 Å². The highest BCUT2D eigenvalue weighted by molar-refractivity contribution is 6.26. The number of hydrogen-bond donors (Lipinski definition) is 4. The molecule has 8 nitrogen and oxygen atoms in total. The highest BCUT2D eigenvalue weighted by Crippen LogP contribution is 2.13. The molecule has 0 aliphatic carbocycles. The van der Waals surface area contributed by atoms with Crippen molar-refractivity contribution in [3.8, 4) is 0 Å². The lowest BCUT2D eigenvalue weighted by Crippen LogP contribution is -2.54. The van der Waals surface area contributed by atoms with Crippen LogP contribution in [0.2, 0.25) is 0 Å². The summed E-state index contributed by atoms with van der Waals surface area (Å²) in [5.74, 6) is -4.80. The van der Waals surface area contributed by atoms with Crippen LogP contribution >= 0.6 is 0 Å². The van der Waals surface area contributed by atoms with E-state index in [4.69, 9.17) is 5.41 Å². The number of carbonyl (C=O) groups excluding carboxylic acids is 4. The zero-order chi connectivity index (χ0) is 26.0. The minimum absolute atomic E-state index is 0.0138. The minimum Gasteiger partial charge on any atom is -0.350 e. The fourth-order valence-corrected chi connectivity index (χ4v) is 3.18. The van der Waals surface area contributed by atoms with Gasteiger partial charge < -0.3 is 21.4 Å². The first-order valence-corrected chi connectivity index (χ1v) is 10.7. The second-order valence-corrected chi connectivity index (χ2v) is 7.75. The van der Waals surface area contributed by atoms with Gasteiger partial charge >= 0.3 is 0 Å². The first-order valence-electron chi connectivity index (χ1n) is 10.7. The molecular formula is C24H25F3N4O4. The number of amides is 3. The van der Waals surface area contributed by atoms with Crippen LogP contribution in [-0.4, -0.2) is 41.8 Å². The van der Waals surface area contributed by atoms with Gasteiger partial charge in [-0.1, -0.05) is 18.2 Å². The second-order valence-electron chi connectivity index (χ2n) is 7.75. The van der Waals surface area contributed by atoms with Gasteiger partial charge in [-0.05, 0) is 35.7 Å². The van der Waals surface area contributed by atoms with E-state index in [2.05, 4.69) is 16.0 Å². The van der Waals surface area contributed by atoms with Crippen molar-refractivity contribution in [2.45, 2.75) is 44.8 Å². The summed E-state index contributed by atoms with van der Waals surface area (Å²) in [6.07, 6.45) is -0.0870. The van der Waals surface area contributed by atoms with Gasteiger partial charge in [-0.2, -0.15) is 0 Å². The van der Waals surface area contributed by atoms with E-state index < -0.39 is 53.0 Å². The monoisotopic (exact) mass is 490 g/mol. The third-order valence-electron chi connectivity index (χ3n) is 4.99. The molecule has 0 radical (unpaired) electrons. The fourth-order valence-electron chi connectivity index (χ4n) is 3.18. The molecule has 35 heavy (non-hydrogen) atoms. The van der Waals surface area contributed by atoms with Crippen LogP contribution in [0.25, 0.3) is 0 Å². The molecule has 0 aliphatic rings. The number of ketones is 1. The zero-order valence-corrected chi connectivity index (χ0v) is 18.9. The molecule has 11 heteroatoms. The van der Waals surface area contributed by atoms with E-state index in [9.17, 15) is 32.3 Å². The van der Waals surface area contributed by atoms with Crippen LogP contribution in [-0.2, 0) is 32.1 Å². The lowest BCUT2D eigenvalue weighted by Gasteiger charge is -2.23. The molecular weight excluding hydrogens is 465 g/mol. The number of hydrogen-bond acceptors (Lipinski definition) is 5. The number of halogens is 3. The Morgan fingerprint density at radius 3 is 2.17 bits per heavy atom. The quantitative estimate of drug-likeness (QED) is 0.339. The normalized spacial score (nSPS) is 12.2. The molecule has 0 saturated heterocycles. The van der Waals surface area contributed by atoms with Crippen molar-refractivity contribution in [3.63, 3.8) is 0 Å². The van der Waals surface area contributed by atoms with Crippen LogP contribution in [0.3, 0.4) is 0 Å². The van der Waals surface area contributed by atoms with Gasteiger partial charge in [-0.15, -0.1) is 0 Å². The topological polar surface area (TPSA) is 128 Å². The lowest BCUT2D eigenvalue weighted by atomic mass is 10.0. The highest BCUT2D eigenvalue weighted by atomic mass is 19.1. The van der Waals surface area contributed by atoms with Crippen LogP contribution in [0.1, 0.15) is 30.9 Å². The van der Waals surface area contributed by atoms with Crippen molar-refractivity contribution in [2.75, 3.05) is 0 Å². The van der Waals surface area contributed by atoms with Crippen LogP contribution in [0.4, 0.5) is 13.2 Å². The molecule has 2 aromatic carbocycles. The van der Waals surface area contributed by atoms with Crippen molar-refractivity contribution in [1.82, 2.24) is 16.0 Å². The molecule has 0 heterocycles. The number of benzene rings is 2. The molecule has 4 N–H and O–H groups in total. The van der Waals surface area contributed by atoms with Crippen LogP contribution in [0.15, 0.2) is 42.5 Å². The number of rotatable bonds is 12. The van der Waals surface area contributed by atoms with E-state index in [0.717, 1.165) is 19.1 Å². The summed E-state index contributed by atoms with van der Waals surface area (Å²) in [4.78, 5) is 48.9. The standard InChI is InChI=1S/C24H25F3N4O4/c1-14(32)30-22(10-16-4-7-18(26)11-20(16)27)24(35)31-21(9-8-19(33)12-28)23(34)29-13-15-2-5-17(25)6-3-15/h2-7,11-12,21-22,28H,8-10,13H2,1H3,(H,29,34)(H,30,32)(H,31,35)/t21-,22-/m0/s1. The summed E-state index contributed by atoms with van der Waals surface area (Å²) in [6, 6.07) is 5.65. The molecule has 2 atom stereocenters. The van der Waals surface area contributed by atoms with Crippen molar-refractivity contribution in [3.05, 3.63) is 71.0 Å². The average Bonchev–Trinajstić information content (AvgIpc) is 2.81. The van der Waals surface area contributed by atoms with Crippen LogP contribution in [0, 0.1) is 22.9 Å². The lowest BCUT2D eigenvalue weighted by molar-refractivity contribution is -0.132. The summed E-state index contributed by atoms with van der Waals surface area (Å²) < 4.78 is 40.4. The molecule has 0 aliphatic heterocycles. The molecule has 0 fully saturated rings. The Hall–Kier alpha value is -4.02. The maximum absolute atomic E-state index is 14.1. The van der Waals surface area contributed by atoms with Crippen molar-refractivity contribution in [1.29, 1.82) is 5.41 Å². The van der Waals surface area contributed by atoms with E-state index in [-0.39, 0.29) is 31.4 Å². The molecule has 0 aromatic heterocycles. The fraction of sp³-hybridized carbons (Fsp3) is 0.292. The maximum atomic E-state index is 14.1. The molecule has 0 spiro atoms. The predicted octanol–water partition coefficient (Wildman–Crippen LogP) is 1.95. The first-order chi connectivity index (χ1) is 16.6. The number of Topliss-reactive ketones (excluding diaryl/α,β-unsaturated/α-hetero) is 1. The molecule has 0 unspecified atom stereocenters. The highest BCUT2D eigenvalue weighted by Gasteiger charge is 2.27. The third-order valence-corrected chi connectivity index (χ3v) is 4.99. The van der Waals surface area contributed by atoms with E-state index in [1.807, 2.05) is 0 Å². The minimum atomic E-state index is -1.29. The van der Waals surface area contributed by atoms with E-state index in [0.29, 0.717) is 17.8 Å². The zero-order valence-electron chi connectivity index (χ0n) is 18.9. The Morgan fingerprint density at radius 1 is 0.914 bits per heavy atom. The van der Waals surface area contributed by atoms with Gasteiger partial charge in [0.1, 0.15) is 29.5 Å². The summed E-state index contributed by atoms with van der Waals surface area (Å²) in [5.41, 5.74) is 0.555. The number of nitrogens with one attached hydrogen (secondary N) is 4. The van der Waals surface area contributed by atoms with Gasteiger partial charge in [0, 0.05) is 32.4 Å². The first kappa shape index (κ1) is 27.2. The Labute approximate surface area is 199 Å². The number of carbonyl (C=O) groups is 4. The third kappa shape index (κ3) is 9.03. The summed E-state index contributed by atoms with van der Waals surface area (Å²) in [5, 5.41) is 14.4. The largest absolute Gasteiger partial charge is 0.350 e. The summed E-state index contributed by atoms with van der Waals surface area (Å²) in [7, 11) is 0. The van der Waals surface area contributed by atoms with Gasteiger partial charge in [0.2, 0.25) is 17.7 Å². The van der Waals surface area contributed by atoms with Crippen LogP contribution < -0.4 is 16.0 Å². The molecule has 2 rings (SSSR count). The van der Waals surface area contributed by atoms with Crippen molar-refractivity contribution >= 4 is 29.7 Å². The van der Waals surface area contributed by atoms with E-state index >= 15 is 0 Å². The predicted molar refractivity (Wildman–Crippen MR) is 121 cm³/mol. The molecule has 2 aromatic rings. The molecule has 3 amide bonds. The Kier molecular flexibility index (Phi) is 10.1. The van der Waals surface area contributed by atoms with Crippen molar-refractivity contribution < 1.29 is 32.3 Å². The molecule has 0 bridgehead atoms. The Bertz CT molecular complexity index is 1090. The summed E-state index contributed by atoms with van der Waals surface area (Å²) in [6.45, 7) is 1.16. The average molecular weight is 490 g/mol. The Morgan fingerprint density at radius 2 is 1.57 bits per heavy atom. The van der Waals surface area contributed by atoms with Gasteiger partial charge in [0.15, 0.2) is 5.78 Å². The Balaban J connectivity index is 2.16. The van der Waals surface area contributed by atoms with Crippen LogP contribution in [0.5, 0.6) is 0 Å². The second kappa shape index (κ2) is 13.0. The van der Waals surface area contributed by atoms with Gasteiger partial charge in [-0.25, -0.2) is 13.2 Å². The smallest absolute Gasteiger partial charge is 0.243 e. The molecule has 186 valence electrons. The van der Waals surface area contributed by atoms with Gasteiger partial charge in [0.05, 0.1) is 6.21 Å². The summed E-state index contributed by atoms with van der Waals surface area (Å²) >= 11 is 0. The molecule has 0 saturated carbocycles.